The standard InChI is InChI=1S/C18H24N2O/c1-3-14-12-20-9-8-16(14)10-17(20)11-19-18(21)15-6-4-13(2)5-7-15/h3-7,14,16-17H,1,8-12H2,2H3,(H,19,21)/t14-,16+,17+/m0/s1. The Kier molecular flexibility index (Phi) is 4.11. The Balaban J connectivity index is 1.55. The van der Waals surface area contributed by atoms with Crippen molar-refractivity contribution in [2.24, 2.45) is 11.8 Å². The van der Waals surface area contributed by atoms with E-state index in [9.17, 15) is 4.79 Å². The van der Waals surface area contributed by atoms with Crippen LogP contribution >= 0.6 is 0 Å². The summed E-state index contributed by atoms with van der Waals surface area (Å²) in [4.78, 5) is 14.7. The van der Waals surface area contributed by atoms with Crippen molar-refractivity contribution in [3.63, 3.8) is 0 Å². The largest absolute Gasteiger partial charge is 0.350 e. The fraction of sp³-hybridized carbons (Fsp3) is 0.500. The van der Waals surface area contributed by atoms with Crippen LogP contribution < -0.4 is 5.32 Å². The van der Waals surface area contributed by atoms with Crippen molar-refractivity contribution in [1.82, 2.24) is 10.2 Å². The molecule has 3 aliphatic heterocycles. The summed E-state index contributed by atoms with van der Waals surface area (Å²) in [7, 11) is 0. The van der Waals surface area contributed by atoms with E-state index in [1.165, 1.54) is 24.9 Å². The monoisotopic (exact) mass is 284 g/mol. The maximum Gasteiger partial charge on any atom is 0.251 e. The number of fused-ring (bicyclic) bond motifs is 3. The Morgan fingerprint density at radius 1 is 1.43 bits per heavy atom. The molecule has 1 amide bonds. The first kappa shape index (κ1) is 14.3. The number of benzene rings is 1. The van der Waals surface area contributed by atoms with Crippen LogP contribution in [0.5, 0.6) is 0 Å². The van der Waals surface area contributed by atoms with Crippen molar-refractivity contribution in [3.8, 4) is 0 Å². The van der Waals surface area contributed by atoms with Gasteiger partial charge in [0, 0.05) is 24.7 Å². The number of hydrogen-bond acceptors (Lipinski definition) is 2. The van der Waals surface area contributed by atoms with Crippen LogP contribution in [0.3, 0.4) is 0 Å². The summed E-state index contributed by atoms with van der Waals surface area (Å²) in [6.07, 6.45) is 4.57. The normalized spacial score (nSPS) is 30.9. The maximum atomic E-state index is 12.2. The van der Waals surface area contributed by atoms with Gasteiger partial charge in [-0.15, -0.1) is 6.58 Å². The average Bonchev–Trinajstić information content (AvgIpc) is 2.53. The summed E-state index contributed by atoms with van der Waals surface area (Å²) in [5, 5.41) is 3.10. The van der Waals surface area contributed by atoms with Gasteiger partial charge in [0.1, 0.15) is 0 Å². The lowest BCUT2D eigenvalue weighted by atomic mass is 9.75. The van der Waals surface area contributed by atoms with Gasteiger partial charge in [0.05, 0.1) is 0 Å². The number of carbonyl (C=O) groups excluding carboxylic acids is 1. The first-order chi connectivity index (χ1) is 10.2. The molecule has 1 aromatic carbocycles. The van der Waals surface area contributed by atoms with Crippen molar-refractivity contribution in [1.29, 1.82) is 0 Å². The summed E-state index contributed by atoms with van der Waals surface area (Å²) < 4.78 is 0. The zero-order valence-electron chi connectivity index (χ0n) is 12.7. The molecule has 1 N–H and O–H groups in total. The minimum Gasteiger partial charge on any atom is -0.350 e. The van der Waals surface area contributed by atoms with Gasteiger partial charge in [-0.25, -0.2) is 0 Å². The van der Waals surface area contributed by atoms with Crippen LogP contribution in [-0.4, -0.2) is 36.5 Å². The molecule has 1 aromatic rings. The molecular weight excluding hydrogens is 260 g/mol. The van der Waals surface area contributed by atoms with Crippen LogP contribution in [0.2, 0.25) is 0 Å². The average molecular weight is 284 g/mol. The van der Waals surface area contributed by atoms with E-state index in [1.54, 1.807) is 0 Å². The topological polar surface area (TPSA) is 32.3 Å². The van der Waals surface area contributed by atoms with Crippen molar-refractivity contribution in [2.75, 3.05) is 19.6 Å². The highest BCUT2D eigenvalue weighted by molar-refractivity contribution is 5.94. The molecule has 3 saturated heterocycles. The molecule has 3 aliphatic rings. The Hall–Kier alpha value is -1.61. The third-order valence-electron chi connectivity index (χ3n) is 5.04. The number of nitrogens with zero attached hydrogens (tertiary/aromatic N) is 1. The lowest BCUT2D eigenvalue weighted by Gasteiger charge is -2.49. The number of amides is 1. The van der Waals surface area contributed by atoms with Crippen LogP contribution in [-0.2, 0) is 0 Å². The van der Waals surface area contributed by atoms with Crippen LogP contribution in [0.15, 0.2) is 36.9 Å². The fourth-order valence-electron chi connectivity index (χ4n) is 3.68. The van der Waals surface area contributed by atoms with Crippen molar-refractivity contribution in [3.05, 3.63) is 48.0 Å². The zero-order chi connectivity index (χ0) is 14.8. The van der Waals surface area contributed by atoms with Gasteiger partial charge in [-0.3, -0.25) is 9.69 Å². The van der Waals surface area contributed by atoms with Crippen LogP contribution in [0.25, 0.3) is 0 Å². The molecule has 4 atom stereocenters. The predicted octanol–water partition coefficient (Wildman–Crippen LogP) is 2.62. The first-order valence-corrected chi connectivity index (χ1v) is 7.89. The highest BCUT2D eigenvalue weighted by atomic mass is 16.1. The molecule has 21 heavy (non-hydrogen) atoms. The highest BCUT2D eigenvalue weighted by Gasteiger charge is 2.38. The maximum absolute atomic E-state index is 12.2. The Morgan fingerprint density at radius 2 is 2.19 bits per heavy atom. The van der Waals surface area contributed by atoms with Gasteiger partial charge in [-0.05, 0) is 50.3 Å². The smallest absolute Gasteiger partial charge is 0.251 e. The molecule has 0 aromatic heterocycles. The third-order valence-corrected chi connectivity index (χ3v) is 5.04. The van der Waals surface area contributed by atoms with Gasteiger partial charge >= 0.3 is 0 Å². The van der Waals surface area contributed by atoms with Gasteiger partial charge in [0.25, 0.3) is 5.91 Å². The Bertz CT molecular complexity index is 523. The van der Waals surface area contributed by atoms with E-state index in [2.05, 4.69) is 22.9 Å². The number of hydrogen-bond donors (Lipinski definition) is 1. The van der Waals surface area contributed by atoms with Gasteiger partial charge in [-0.2, -0.15) is 0 Å². The second kappa shape index (κ2) is 6.02. The molecule has 0 radical (unpaired) electrons. The van der Waals surface area contributed by atoms with Crippen LogP contribution in [0.4, 0.5) is 0 Å². The van der Waals surface area contributed by atoms with Crippen molar-refractivity contribution < 1.29 is 4.79 Å². The van der Waals surface area contributed by atoms with Crippen molar-refractivity contribution in [2.45, 2.75) is 25.8 Å². The van der Waals surface area contributed by atoms with E-state index < -0.39 is 0 Å². The fourth-order valence-corrected chi connectivity index (χ4v) is 3.68. The minimum atomic E-state index is 0.0397. The molecule has 0 spiro atoms. The third kappa shape index (κ3) is 3.03. The lowest BCUT2D eigenvalue weighted by molar-refractivity contribution is 0.0195. The van der Waals surface area contributed by atoms with E-state index in [4.69, 9.17) is 0 Å². The summed E-state index contributed by atoms with van der Waals surface area (Å²) >= 11 is 0. The second-order valence-electron chi connectivity index (χ2n) is 6.41. The van der Waals surface area contributed by atoms with Crippen molar-refractivity contribution >= 4 is 5.91 Å². The second-order valence-corrected chi connectivity index (χ2v) is 6.41. The predicted molar refractivity (Wildman–Crippen MR) is 85.3 cm³/mol. The molecule has 3 heterocycles. The first-order valence-electron chi connectivity index (χ1n) is 7.89. The van der Waals surface area contributed by atoms with E-state index in [0.29, 0.717) is 12.0 Å². The van der Waals surface area contributed by atoms with E-state index in [1.807, 2.05) is 31.2 Å². The molecule has 2 bridgehead atoms. The summed E-state index contributed by atoms with van der Waals surface area (Å²) in [6, 6.07) is 8.25. The van der Waals surface area contributed by atoms with E-state index in [-0.39, 0.29) is 5.91 Å². The molecule has 3 fully saturated rings. The quantitative estimate of drug-likeness (QED) is 0.862. The van der Waals surface area contributed by atoms with E-state index in [0.717, 1.165) is 24.6 Å². The molecule has 3 heteroatoms. The molecule has 112 valence electrons. The highest BCUT2D eigenvalue weighted by Crippen LogP contribution is 2.36. The van der Waals surface area contributed by atoms with Gasteiger partial charge in [0.2, 0.25) is 0 Å². The molecule has 4 rings (SSSR count). The molecule has 1 unspecified atom stereocenters. The molecular formula is C18H24N2O. The Morgan fingerprint density at radius 3 is 2.81 bits per heavy atom. The molecule has 3 nitrogen and oxygen atoms in total. The number of piperidine rings is 3. The summed E-state index contributed by atoms with van der Waals surface area (Å²) in [5.41, 5.74) is 1.93. The minimum absolute atomic E-state index is 0.0397. The number of nitrogens with one attached hydrogen (secondary N) is 1. The molecule has 0 aliphatic carbocycles. The lowest BCUT2D eigenvalue weighted by Crippen LogP contribution is -2.56. The summed E-state index contributed by atoms with van der Waals surface area (Å²) in [5.74, 6) is 1.44. The molecule has 0 saturated carbocycles. The SMILES string of the molecule is C=C[C@H]1CN2CC[C@@H]1C[C@@H]2CNC(=O)c1ccc(C)cc1. The van der Waals surface area contributed by atoms with E-state index >= 15 is 0 Å². The van der Waals surface area contributed by atoms with Crippen LogP contribution in [0, 0.1) is 18.8 Å². The number of carbonyl (C=O) groups is 1. The van der Waals surface area contributed by atoms with Gasteiger partial charge in [0.15, 0.2) is 0 Å². The number of aryl methyl sites for hydroxylation is 1. The summed E-state index contributed by atoms with van der Waals surface area (Å²) in [6.45, 7) is 9.02. The van der Waals surface area contributed by atoms with Gasteiger partial charge in [-0.1, -0.05) is 23.8 Å². The zero-order valence-corrected chi connectivity index (χ0v) is 12.7. The van der Waals surface area contributed by atoms with Gasteiger partial charge < -0.3 is 5.32 Å². The van der Waals surface area contributed by atoms with Crippen LogP contribution in [0.1, 0.15) is 28.8 Å². The number of rotatable bonds is 4. The Labute approximate surface area is 127 Å².